The molecule has 5 heteroatoms. The smallest absolute Gasteiger partial charge is 0.193 e. The van der Waals surface area contributed by atoms with E-state index in [0.29, 0.717) is 0 Å². The summed E-state index contributed by atoms with van der Waals surface area (Å²) < 4.78 is 13.8. The van der Waals surface area contributed by atoms with Crippen LogP contribution in [0.4, 0.5) is 0 Å². The van der Waals surface area contributed by atoms with Crippen molar-refractivity contribution in [3.05, 3.63) is 65.7 Å². The summed E-state index contributed by atoms with van der Waals surface area (Å²) in [5.41, 5.74) is 2.38. The van der Waals surface area contributed by atoms with E-state index in [1.165, 1.54) is 16.0 Å². The van der Waals surface area contributed by atoms with Crippen LogP contribution in [0, 0.1) is 6.92 Å². The summed E-state index contributed by atoms with van der Waals surface area (Å²) in [7, 11) is -3.78. The van der Waals surface area contributed by atoms with Crippen LogP contribution in [0.3, 0.4) is 0 Å². The van der Waals surface area contributed by atoms with Crippen LogP contribution < -0.4 is 0 Å². The summed E-state index contributed by atoms with van der Waals surface area (Å²) in [5, 5.41) is 0.138. The van der Waals surface area contributed by atoms with E-state index in [1.807, 2.05) is 0 Å². The third kappa shape index (κ3) is 7.40. The van der Waals surface area contributed by atoms with Crippen LogP contribution in [0.1, 0.15) is 38.0 Å². The number of hydrogen-bond acceptors (Lipinski definition) is 3. The third-order valence-corrected chi connectivity index (χ3v) is 12.1. The van der Waals surface area contributed by atoms with E-state index in [4.69, 9.17) is 8.85 Å². The summed E-state index contributed by atoms with van der Waals surface area (Å²) in [6.07, 6.45) is -0.0942. The molecule has 0 aliphatic heterocycles. The molecule has 2 aromatic carbocycles. The molecule has 2 rings (SSSR count). The fourth-order valence-corrected chi connectivity index (χ4v) is 6.66. The van der Waals surface area contributed by atoms with Crippen molar-refractivity contribution >= 4 is 28.4 Å². The Labute approximate surface area is 184 Å². The van der Waals surface area contributed by atoms with Crippen LogP contribution in [0.15, 0.2) is 59.5 Å². The molecule has 0 N–H and O–H groups in total. The lowest BCUT2D eigenvalue weighted by Gasteiger charge is -2.42. The fourth-order valence-electron chi connectivity index (χ4n) is 2.67. The van der Waals surface area contributed by atoms with Crippen molar-refractivity contribution in [2.24, 2.45) is 0 Å². The average Bonchev–Trinajstić information content (AvgIpc) is 2.60. The van der Waals surface area contributed by atoms with Gasteiger partial charge >= 0.3 is 0 Å². The highest BCUT2D eigenvalue weighted by atomic mass is 32.2. The number of thioether (sulfide) groups is 1. The normalized spacial score (nSPS) is 15.2. The Morgan fingerprint density at radius 3 is 1.83 bits per heavy atom. The predicted octanol–water partition coefficient (Wildman–Crippen LogP) is 8.03. The van der Waals surface area contributed by atoms with E-state index in [2.05, 4.69) is 115 Å². The molecule has 29 heavy (non-hydrogen) atoms. The molecule has 0 saturated carbocycles. The molecule has 2 nitrogen and oxygen atoms in total. The first-order chi connectivity index (χ1) is 13.3. The van der Waals surface area contributed by atoms with Crippen molar-refractivity contribution in [3.8, 4) is 0 Å². The van der Waals surface area contributed by atoms with Gasteiger partial charge in [0.2, 0.25) is 0 Å². The molecular weight excluding hydrogens is 409 g/mol. The minimum Gasteiger partial charge on any atom is -0.407 e. The van der Waals surface area contributed by atoms with Gasteiger partial charge in [-0.2, -0.15) is 0 Å². The van der Waals surface area contributed by atoms with Gasteiger partial charge in [0.25, 0.3) is 0 Å². The second kappa shape index (κ2) is 9.52. The highest BCUT2D eigenvalue weighted by Gasteiger charge is 2.42. The summed E-state index contributed by atoms with van der Waals surface area (Å²) >= 11 is 1.79. The Morgan fingerprint density at radius 2 is 1.34 bits per heavy atom. The zero-order valence-electron chi connectivity index (χ0n) is 19.6. The monoisotopic (exact) mass is 446 g/mol. The van der Waals surface area contributed by atoms with Gasteiger partial charge in [-0.15, -0.1) is 0 Å². The van der Waals surface area contributed by atoms with E-state index >= 15 is 0 Å². The zero-order chi connectivity index (χ0) is 21.9. The number of aryl methyl sites for hydroxylation is 1. The molecule has 0 radical (unpaired) electrons. The van der Waals surface area contributed by atoms with Gasteiger partial charge in [-0.1, -0.05) is 80.6 Å². The molecule has 0 bridgehead atoms. The van der Waals surface area contributed by atoms with Crippen LogP contribution in [0.25, 0.3) is 0 Å². The predicted molar refractivity (Wildman–Crippen MR) is 133 cm³/mol. The first kappa shape index (κ1) is 24.4. The van der Waals surface area contributed by atoms with Crippen LogP contribution in [0.2, 0.25) is 37.8 Å². The molecule has 2 atom stereocenters. The van der Waals surface area contributed by atoms with Crippen molar-refractivity contribution < 1.29 is 8.85 Å². The topological polar surface area (TPSA) is 18.5 Å². The molecule has 2 aromatic rings. The molecule has 0 fully saturated rings. The highest BCUT2D eigenvalue weighted by Crippen LogP contribution is 2.44. The molecule has 160 valence electrons. The van der Waals surface area contributed by atoms with Crippen LogP contribution in [0.5, 0.6) is 0 Å². The van der Waals surface area contributed by atoms with Gasteiger partial charge in [0, 0.05) is 4.90 Å². The SMILES string of the molecule is Cc1ccc(S[C@@H](O[Si](C)(C)C(C)(C)C)[C@@H](O[Si](C)(C)C)c2ccccc2)cc1. The molecule has 0 unspecified atom stereocenters. The maximum atomic E-state index is 7.00. The molecule has 0 aliphatic carbocycles. The maximum absolute atomic E-state index is 7.00. The van der Waals surface area contributed by atoms with E-state index in [-0.39, 0.29) is 16.6 Å². The van der Waals surface area contributed by atoms with Crippen molar-refractivity contribution in [3.63, 3.8) is 0 Å². The first-order valence-corrected chi connectivity index (χ1v) is 17.6. The van der Waals surface area contributed by atoms with E-state index in [1.54, 1.807) is 11.8 Å². The molecule has 0 aromatic heterocycles. The lowest BCUT2D eigenvalue weighted by atomic mass is 10.1. The van der Waals surface area contributed by atoms with Gasteiger partial charge in [0.15, 0.2) is 16.6 Å². The third-order valence-electron chi connectivity index (χ3n) is 5.35. The first-order valence-electron chi connectivity index (χ1n) is 10.4. The fraction of sp³-hybridized carbons (Fsp3) is 0.500. The second-order valence-corrected chi connectivity index (χ2v) is 20.6. The minimum absolute atomic E-state index is 0.0901. The lowest BCUT2D eigenvalue weighted by molar-refractivity contribution is 0.0930. The lowest BCUT2D eigenvalue weighted by Crippen LogP contribution is -2.46. The number of benzene rings is 2. The zero-order valence-corrected chi connectivity index (χ0v) is 22.4. The Bertz CT molecular complexity index is 762. The van der Waals surface area contributed by atoms with Crippen LogP contribution >= 0.6 is 11.8 Å². The number of hydrogen-bond donors (Lipinski definition) is 0. The standard InChI is InChI=1S/C24H38O2SSi2/c1-19-15-17-21(18-16-19)27-23(26-29(8,9)24(2,3)4)22(25-28(5,6)7)20-13-11-10-12-14-20/h10-18,22-23H,1-9H3/t22-,23+/m0/s1. The van der Waals surface area contributed by atoms with Gasteiger partial charge in [-0.3, -0.25) is 0 Å². The van der Waals surface area contributed by atoms with Crippen molar-refractivity contribution in [2.45, 2.75) is 81.9 Å². The van der Waals surface area contributed by atoms with Gasteiger partial charge in [-0.05, 0) is 62.4 Å². The number of rotatable bonds is 8. The quantitative estimate of drug-likeness (QED) is 0.232. The molecule has 0 aliphatic rings. The van der Waals surface area contributed by atoms with Gasteiger partial charge in [0.05, 0.1) is 0 Å². The molecule has 0 heterocycles. The second-order valence-electron chi connectivity index (χ2n) is 10.2. The molecular formula is C24H38O2SSi2. The van der Waals surface area contributed by atoms with Crippen LogP contribution in [-0.2, 0) is 8.85 Å². The average molecular weight is 447 g/mol. The van der Waals surface area contributed by atoms with Gasteiger partial charge in [-0.25, -0.2) is 0 Å². The Balaban J connectivity index is 2.46. The van der Waals surface area contributed by atoms with Crippen LogP contribution in [-0.4, -0.2) is 22.1 Å². The largest absolute Gasteiger partial charge is 0.407 e. The van der Waals surface area contributed by atoms with Crippen molar-refractivity contribution in [1.82, 2.24) is 0 Å². The Morgan fingerprint density at radius 1 is 0.793 bits per heavy atom. The minimum atomic E-state index is -1.99. The Kier molecular flexibility index (Phi) is 8.01. The van der Waals surface area contributed by atoms with E-state index in [0.717, 1.165) is 0 Å². The summed E-state index contributed by atoms with van der Waals surface area (Å²) in [5.74, 6) is 0. The molecule has 0 saturated heterocycles. The summed E-state index contributed by atoms with van der Waals surface area (Å²) in [4.78, 5) is 1.22. The highest BCUT2D eigenvalue weighted by molar-refractivity contribution is 7.99. The molecule has 0 amide bonds. The Hall–Kier alpha value is -0.856. The summed E-state index contributed by atoms with van der Waals surface area (Å²) in [6.45, 7) is 20.4. The van der Waals surface area contributed by atoms with Crippen molar-refractivity contribution in [2.75, 3.05) is 0 Å². The van der Waals surface area contributed by atoms with E-state index in [9.17, 15) is 0 Å². The molecule has 0 spiro atoms. The maximum Gasteiger partial charge on any atom is 0.193 e. The van der Waals surface area contributed by atoms with Gasteiger partial charge in [0.1, 0.15) is 11.5 Å². The van der Waals surface area contributed by atoms with Crippen molar-refractivity contribution in [1.29, 1.82) is 0 Å². The van der Waals surface area contributed by atoms with Gasteiger partial charge < -0.3 is 8.85 Å². The summed E-state index contributed by atoms with van der Waals surface area (Å²) in [6, 6.07) is 19.3. The van der Waals surface area contributed by atoms with E-state index < -0.39 is 16.6 Å².